The average molecular weight is 465 g/mol. The number of rotatable bonds is 6. The highest BCUT2D eigenvalue weighted by Crippen LogP contribution is 2.29. The van der Waals surface area contributed by atoms with Crippen molar-refractivity contribution in [1.29, 1.82) is 0 Å². The number of hydrogen-bond donors (Lipinski definition) is 1. The number of carbonyl (C=O) groups excluding carboxylic acids is 1. The summed E-state index contributed by atoms with van der Waals surface area (Å²) in [6.45, 7) is 2.66. The van der Waals surface area contributed by atoms with Gasteiger partial charge >= 0.3 is 5.69 Å². The molecule has 1 N–H and O–H groups in total. The Balaban J connectivity index is 1.58. The van der Waals surface area contributed by atoms with Crippen LogP contribution in [-0.2, 0) is 29.0 Å². The van der Waals surface area contributed by atoms with Crippen molar-refractivity contribution < 1.29 is 9.53 Å². The summed E-state index contributed by atoms with van der Waals surface area (Å²) in [6, 6.07) is 11.2. The molecule has 1 amide bonds. The summed E-state index contributed by atoms with van der Waals surface area (Å²) in [4.78, 5) is 44.7. The van der Waals surface area contributed by atoms with Crippen LogP contribution in [0.2, 0.25) is 0 Å². The summed E-state index contributed by atoms with van der Waals surface area (Å²) < 4.78 is 8.67. The van der Waals surface area contributed by atoms with E-state index in [1.165, 1.54) is 26.0 Å². The first-order chi connectivity index (χ1) is 16.0. The van der Waals surface area contributed by atoms with E-state index in [0.717, 1.165) is 19.3 Å². The maximum Gasteiger partial charge on any atom is 0.332 e. The topological polar surface area (TPSA) is 95.2 Å². The summed E-state index contributed by atoms with van der Waals surface area (Å²) >= 11 is 1.24. The molecule has 0 radical (unpaired) electrons. The van der Waals surface area contributed by atoms with Crippen LogP contribution in [0.4, 0.5) is 5.69 Å². The number of ether oxygens (including phenoxy) is 1. The molecule has 0 saturated carbocycles. The lowest BCUT2D eigenvalue weighted by molar-refractivity contribution is -0.116. The second-order valence-electron chi connectivity index (χ2n) is 8.15. The molecule has 9 heteroatoms. The molecule has 1 saturated heterocycles. The maximum absolute atomic E-state index is 13.5. The highest BCUT2D eigenvalue weighted by molar-refractivity contribution is 7.25. The number of fused-ring (bicyclic) bond motifs is 3. The zero-order chi connectivity index (χ0) is 22.9. The predicted octanol–water partition coefficient (Wildman–Crippen LogP) is 3.15. The minimum absolute atomic E-state index is 0.176. The lowest BCUT2D eigenvalue weighted by Crippen LogP contribution is -2.43. The highest BCUT2D eigenvalue weighted by Gasteiger charge is 2.23. The zero-order valence-electron chi connectivity index (χ0n) is 18.2. The number of pyridine rings is 1. The number of nitrogens with zero attached hydrogens (tertiary/aromatic N) is 3. The Morgan fingerprint density at radius 1 is 1.21 bits per heavy atom. The van der Waals surface area contributed by atoms with Gasteiger partial charge in [-0.3, -0.25) is 18.7 Å². The van der Waals surface area contributed by atoms with E-state index < -0.39 is 5.69 Å². The van der Waals surface area contributed by atoms with Crippen LogP contribution in [0.1, 0.15) is 25.3 Å². The number of aryl methyl sites for hydroxylation is 1. The van der Waals surface area contributed by atoms with Crippen LogP contribution in [0.3, 0.4) is 0 Å². The number of carbonyl (C=O) groups is 1. The van der Waals surface area contributed by atoms with Crippen molar-refractivity contribution in [2.75, 3.05) is 11.9 Å². The lowest BCUT2D eigenvalue weighted by Gasteiger charge is -2.15. The number of aromatic nitrogens is 3. The molecule has 1 aliphatic heterocycles. The first-order valence-electron chi connectivity index (χ1n) is 11.1. The molecule has 8 nitrogen and oxygen atoms in total. The lowest BCUT2D eigenvalue weighted by atomic mass is 10.1. The fourth-order valence-corrected chi connectivity index (χ4v) is 5.35. The third-order valence-electron chi connectivity index (χ3n) is 5.97. The van der Waals surface area contributed by atoms with Gasteiger partial charge in [-0.1, -0.05) is 19.1 Å². The Kier molecular flexibility index (Phi) is 5.82. The van der Waals surface area contributed by atoms with E-state index >= 15 is 0 Å². The molecule has 4 heterocycles. The van der Waals surface area contributed by atoms with E-state index in [9.17, 15) is 14.4 Å². The normalized spacial score (nSPS) is 16.0. The number of anilines is 1. The van der Waals surface area contributed by atoms with Crippen LogP contribution >= 0.6 is 11.3 Å². The molecule has 170 valence electrons. The molecule has 5 rings (SSSR count). The summed E-state index contributed by atoms with van der Waals surface area (Å²) in [5.74, 6) is -0.340. The minimum Gasteiger partial charge on any atom is -0.376 e. The van der Waals surface area contributed by atoms with E-state index in [1.54, 1.807) is 12.3 Å². The number of nitrogens with one attached hydrogen (secondary N) is 1. The molecule has 0 spiro atoms. The molecule has 1 unspecified atom stereocenters. The quantitative estimate of drug-likeness (QED) is 0.473. The van der Waals surface area contributed by atoms with Gasteiger partial charge in [0.05, 0.1) is 18.2 Å². The minimum atomic E-state index is -0.511. The summed E-state index contributed by atoms with van der Waals surface area (Å²) in [5, 5.41) is 3.55. The predicted molar refractivity (Wildman–Crippen MR) is 129 cm³/mol. The van der Waals surface area contributed by atoms with Gasteiger partial charge < -0.3 is 10.1 Å². The highest BCUT2D eigenvalue weighted by atomic mass is 32.1. The van der Waals surface area contributed by atoms with E-state index in [4.69, 9.17) is 4.74 Å². The van der Waals surface area contributed by atoms with Crippen molar-refractivity contribution in [2.45, 2.75) is 45.4 Å². The Bertz CT molecular complexity index is 1450. The molecule has 3 aromatic heterocycles. The van der Waals surface area contributed by atoms with Gasteiger partial charge in [0, 0.05) is 23.9 Å². The SMILES string of the molecule is CCc1ccc(NC(=O)Cn2c(=O)n(CC3CCCO3)c(=O)c3sc4ncccc4c32)cc1. The number of hydrogen-bond acceptors (Lipinski definition) is 6. The van der Waals surface area contributed by atoms with E-state index in [1.807, 2.05) is 30.3 Å². The second-order valence-corrected chi connectivity index (χ2v) is 9.15. The van der Waals surface area contributed by atoms with Crippen LogP contribution in [-0.4, -0.2) is 32.7 Å². The van der Waals surface area contributed by atoms with Crippen LogP contribution in [0, 0.1) is 0 Å². The molecule has 33 heavy (non-hydrogen) atoms. The van der Waals surface area contributed by atoms with Gasteiger partial charge in [0.15, 0.2) is 0 Å². The molecule has 1 aliphatic rings. The van der Waals surface area contributed by atoms with Gasteiger partial charge in [-0.25, -0.2) is 9.78 Å². The number of amides is 1. The first-order valence-corrected chi connectivity index (χ1v) is 11.9. The monoisotopic (exact) mass is 464 g/mol. The average Bonchev–Trinajstić information content (AvgIpc) is 3.48. The smallest absolute Gasteiger partial charge is 0.332 e. The largest absolute Gasteiger partial charge is 0.376 e. The summed E-state index contributed by atoms with van der Waals surface area (Å²) in [5.41, 5.74) is 1.41. The van der Waals surface area contributed by atoms with Crippen molar-refractivity contribution >= 4 is 43.4 Å². The van der Waals surface area contributed by atoms with Gasteiger partial charge in [-0.2, -0.15) is 0 Å². The Morgan fingerprint density at radius 3 is 2.76 bits per heavy atom. The molecule has 1 aromatic carbocycles. The number of thiophene rings is 1. The van der Waals surface area contributed by atoms with Crippen LogP contribution in [0.25, 0.3) is 20.4 Å². The fraction of sp³-hybridized carbons (Fsp3) is 0.333. The third kappa shape index (κ3) is 4.09. The standard InChI is InChI=1S/C24H24N4O4S/c1-2-15-7-9-16(10-8-15)26-19(29)14-27-20-18-6-3-11-25-22(18)33-21(20)23(30)28(24(27)31)13-17-5-4-12-32-17/h3,6-11,17H,2,4-5,12-14H2,1H3,(H,26,29). The van der Waals surface area contributed by atoms with Crippen molar-refractivity contribution in [3.05, 3.63) is 69.0 Å². The summed E-state index contributed by atoms with van der Waals surface area (Å²) in [6.07, 6.45) is 4.08. The Morgan fingerprint density at radius 2 is 2.03 bits per heavy atom. The van der Waals surface area contributed by atoms with Gasteiger partial charge in [0.25, 0.3) is 5.56 Å². The van der Waals surface area contributed by atoms with Gasteiger partial charge in [0.1, 0.15) is 16.1 Å². The zero-order valence-corrected chi connectivity index (χ0v) is 19.1. The van der Waals surface area contributed by atoms with Crippen LogP contribution in [0.15, 0.2) is 52.2 Å². The summed E-state index contributed by atoms with van der Waals surface area (Å²) in [7, 11) is 0. The van der Waals surface area contributed by atoms with Crippen molar-refractivity contribution in [3.63, 3.8) is 0 Å². The van der Waals surface area contributed by atoms with E-state index in [0.29, 0.717) is 32.7 Å². The van der Waals surface area contributed by atoms with Crippen molar-refractivity contribution in [2.24, 2.45) is 0 Å². The molecule has 1 fully saturated rings. The maximum atomic E-state index is 13.5. The van der Waals surface area contributed by atoms with Gasteiger partial charge in [-0.05, 0) is 49.1 Å². The molecule has 4 aromatic rings. The Labute approximate surface area is 193 Å². The van der Waals surface area contributed by atoms with Gasteiger partial charge in [0.2, 0.25) is 5.91 Å². The molecule has 0 aliphatic carbocycles. The van der Waals surface area contributed by atoms with Crippen molar-refractivity contribution in [3.8, 4) is 0 Å². The molecular weight excluding hydrogens is 440 g/mol. The Hall–Kier alpha value is -3.30. The first kappa shape index (κ1) is 21.5. The van der Waals surface area contributed by atoms with Crippen LogP contribution < -0.4 is 16.6 Å². The third-order valence-corrected chi connectivity index (χ3v) is 7.06. The molecular formula is C24H24N4O4S. The van der Waals surface area contributed by atoms with E-state index in [2.05, 4.69) is 17.2 Å². The molecule has 0 bridgehead atoms. The second kappa shape index (κ2) is 8.92. The van der Waals surface area contributed by atoms with Crippen LogP contribution in [0.5, 0.6) is 0 Å². The van der Waals surface area contributed by atoms with E-state index in [-0.39, 0.29) is 30.7 Å². The van der Waals surface area contributed by atoms with Gasteiger partial charge in [-0.15, -0.1) is 11.3 Å². The molecule has 1 atom stereocenters. The number of benzene rings is 1. The van der Waals surface area contributed by atoms with Crippen molar-refractivity contribution in [1.82, 2.24) is 14.1 Å². The fourth-order valence-electron chi connectivity index (χ4n) is 4.25.